The molecule has 2 aliphatic rings. The van der Waals surface area contributed by atoms with Crippen LogP contribution in [0.15, 0.2) is 0 Å². The van der Waals surface area contributed by atoms with Gasteiger partial charge in [-0.15, -0.1) is 0 Å². The van der Waals surface area contributed by atoms with E-state index in [-0.39, 0.29) is 11.8 Å². The van der Waals surface area contributed by atoms with E-state index in [1.807, 2.05) is 0 Å². The van der Waals surface area contributed by atoms with Crippen molar-refractivity contribution in [2.24, 2.45) is 11.7 Å². The molecule has 0 aromatic carbocycles. The molecule has 1 saturated heterocycles. The number of nitrogens with zero attached hydrogens (tertiary/aromatic N) is 1. The van der Waals surface area contributed by atoms with E-state index in [4.69, 9.17) is 5.73 Å². The van der Waals surface area contributed by atoms with Crippen molar-refractivity contribution in [3.8, 4) is 0 Å². The molecule has 4 heteroatoms. The fourth-order valence-electron chi connectivity index (χ4n) is 3.04. The van der Waals surface area contributed by atoms with Crippen molar-refractivity contribution in [2.75, 3.05) is 26.2 Å². The molecule has 0 radical (unpaired) electrons. The molecule has 0 aromatic heterocycles. The summed E-state index contributed by atoms with van der Waals surface area (Å²) in [5.41, 5.74) is 5.57. The molecule has 0 aromatic rings. The second kappa shape index (κ2) is 6.36. The summed E-state index contributed by atoms with van der Waals surface area (Å²) < 4.78 is 0. The SMILES string of the molecule is NCCN1CCCC(C(=O)NC2CCCC2)C1. The Morgan fingerprint density at radius 1 is 1.24 bits per heavy atom. The third-order valence-corrected chi connectivity index (χ3v) is 4.02. The number of rotatable bonds is 4. The molecule has 1 amide bonds. The van der Waals surface area contributed by atoms with Gasteiger partial charge in [-0.3, -0.25) is 4.79 Å². The average molecular weight is 239 g/mol. The number of nitrogens with one attached hydrogen (secondary N) is 1. The second-order valence-corrected chi connectivity index (χ2v) is 5.42. The lowest BCUT2D eigenvalue weighted by atomic mass is 9.96. The van der Waals surface area contributed by atoms with Crippen LogP contribution in [-0.4, -0.2) is 43.0 Å². The first-order chi connectivity index (χ1) is 8.29. The van der Waals surface area contributed by atoms with Crippen molar-refractivity contribution in [2.45, 2.75) is 44.6 Å². The molecule has 0 bridgehead atoms. The highest BCUT2D eigenvalue weighted by Gasteiger charge is 2.27. The molecule has 1 atom stereocenters. The van der Waals surface area contributed by atoms with E-state index in [1.165, 1.54) is 25.7 Å². The number of hydrogen-bond acceptors (Lipinski definition) is 3. The van der Waals surface area contributed by atoms with Crippen LogP contribution in [0.25, 0.3) is 0 Å². The number of carbonyl (C=O) groups excluding carboxylic acids is 1. The van der Waals surface area contributed by atoms with E-state index in [1.54, 1.807) is 0 Å². The lowest BCUT2D eigenvalue weighted by Gasteiger charge is -2.32. The van der Waals surface area contributed by atoms with Crippen molar-refractivity contribution in [3.63, 3.8) is 0 Å². The molecule has 1 aliphatic carbocycles. The van der Waals surface area contributed by atoms with Crippen LogP contribution < -0.4 is 11.1 Å². The van der Waals surface area contributed by atoms with Gasteiger partial charge in [-0.1, -0.05) is 12.8 Å². The number of piperidine rings is 1. The summed E-state index contributed by atoms with van der Waals surface area (Å²) in [6.07, 6.45) is 7.06. The molecule has 2 rings (SSSR count). The second-order valence-electron chi connectivity index (χ2n) is 5.42. The summed E-state index contributed by atoms with van der Waals surface area (Å²) in [5, 5.41) is 3.21. The van der Waals surface area contributed by atoms with E-state index in [0.29, 0.717) is 12.6 Å². The monoisotopic (exact) mass is 239 g/mol. The number of carbonyl (C=O) groups is 1. The van der Waals surface area contributed by atoms with Gasteiger partial charge in [0, 0.05) is 25.7 Å². The average Bonchev–Trinajstić information content (AvgIpc) is 2.83. The predicted molar refractivity (Wildman–Crippen MR) is 68.6 cm³/mol. The van der Waals surface area contributed by atoms with E-state index >= 15 is 0 Å². The Kier molecular flexibility index (Phi) is 4.80. The first kappa shape index (κ1) is 12.8. The quantitative estimate of drug-likeness (QED) is 0.760. The number of likely N-dealkylation sites (tertiary alicyclic amines) is 1. The molecular formula is C13H25N3O. The first-order valence-electron chi connectivity index (χ1n) is 7.02. The van der Waals surface area contributed by atoms with Gasteiger partial charge < -0.3 is 16.0 Å². The van der Waals surface area contributed by atoms with E-state index < -0.39 is 0 Å². The van der Waals surface area contributed by atoms with E-state index in [0.717, 1.165) is 32.5 Å². The minimum Gasteiger partial charge on any atom is -0.353 e. The zero-order valence-electron chi connectivity index (χ0n) is 10.7. The molecule has 1 aliphatic heterocycles. The maximum absolute atomic E-state index is 12.1. The van der Waals surface area contributed by atoms with E-state index in [2.05, 4.69) is 10.2 Å². The van der Waals surface area contributed by atoms with E-state index in [9.17, 15) is 4.79 Å². The van der Waals surface area contributed by atoms with Crippen LogP contribution in [0.3, 0.4) is 0 Å². The minimum atomic E-state index is 0.191. The van der Waals surface area contributed by atoms with Gasteiger partial charge in [0.1, 0.15) is 0 Å². The maximum Gasteiger partial charge on any atom is 0.224 e. The Labute approximate surface area is 104 Å². The van der Waals surface area contributed by atoms with Gasteiger partial charge >= 0.3 is 0 Å². The van der Waals surface area contributed by atoms with Gasteiger partial charge in [-0.05, 0) is 32.2 Å². The standard InChI is InChI=1S/C13H25N3O/c14-7-9-16-8-3-4-11(10-16)13(17)15-12-5-1-2-6-12/h11-12H,1-10,14H2,(H,15,17). The highest BCUT2D eigenvalue weighted by Crippen LogP contribution is 2.20. The lowest BCUT2D eigenvalue weighted by Crippen LogP contribution is -2.46. The maximum atomic E-state index is 12.1. The minimum absolute atomic E-state index is 0.191. The Morgan fingerprint density at radius 2 is 2.00 bits per heavy atom. The molecule has 3 N–H and O–H groups in total. The Bertz CT molecular complexity index is 249. The van der Waals surface area contributed by atoms with Crippen LogP contribution >= 0.6 is 0 Å². The van der Waals surface area contributed by atoms with Crippen molar-refractivity contribution in [1.29, 1.82) is 0 Å². The Morgan fingerprint density at radius 3 is 2.71 bits per heavy atom. The van der Waals surface area contributed by atoms with Crippen LogP contribution in [-0.2, 0) is 4.79 Å². The summed E-state index contributed by atoms with van der Waals surface area (Å²) >= 11 is 0. The molecule has 0 spiro atoms. The van der Waals surface area contributed by atoms with Crippen LogP contribution in [0.4, 0.5) is 0 Å². The Hall–Kier alpha value is -0.610. The zero-order chi connectivity index (χ0) is 12.1. The van der Waals surface area contributed by atoms with Crippen LogP contribution in [0.2, 0.25) is 0 Å². The summed E-state index contributed by atoms with van der Waals surface area (Å²) in [7, 11) is 0. The zero-order valence-corrected chi connectivity index (χ0v) is 10.7. The van der Waals surface area contributed by atoms with Gasteiger partial charge in [-0.2, -0.15) is 0 Å². The molecule has 98 valence electrons. The van der Waals surface area contributed by atoms with Crippen molar-refractivity contribution in [1.82, 2.24) is 10.2 Å². The number of hydrogen-bond donors (Lipinski definition) is 2. The largest absolute Gasteiger partial charge is 0.353 e. The first-order valence-corrected chi connectivity index (χ1v) is 7.02. The summed E-state index contributed by atoms with van der Waals surface area (Å²) in [6, 6.07) is 0.451. The third-order valence-electron chi connectivity index (χ3n) is 4.02. The number of amides is 1. The fourth-order valence-corrected chi connectivity index (χ4v) is 3.04. The summed E-state index contributed by atoms with van der Waals surface area (Å²) in [6.45, 7) is 3.62. The van der Waals surface area contributed by atoms with Crippen LogP contribution in [0.5, 0.6) is 0 Å². The fraction of sp³-hybridized carbons (Fsp3) is 0.923. The molecule has 1 saturated carbocycles. The lowest BCUT2D eigenvalue weighted by molar-refractivity contribution is -0.127. The van der Waals surface area contributed by atoms with Gasteiger partial charge in [0.25, 0.3) is 0 Å². The smallest absolute Gasteiger partial charge is 0.224 e. The predicted octanol–water partition coefficient (Wildman–Crippen LogP) is 0.716. The van der Waals surface area contributed by atoms with Gasteiger partial charge in [0.15, 0.2) is 0 Å². The molecule has 1 heterocycles. The van der Waals surface area contributed by atoms with Gasteiger partial charge in [0.2, 0.25) is 5.91 Å². The molecule has 2 fully saturated rings. The van der Waals surface area contributed by atoms with Crippen molar-refractivity contribution in [3.05, 3.63) is 0 Å². The van der Waals surface area contributed by atoms with Gasteiger partial charge in [-0.25, -0.2) is 0 Å². The molecule has 1 unspecified atom stereocenters. The topological polar surface area (TPSA) is 58.4 Å². The number of nitrogens with two attached hydrogens (primary N) is 1. The molecule has 17 heavy (non-hydrogen) atoms. The summed E-state index contributed by atoms with van der Waals surface area (Å²) in [4.78, 5) is 14.5. The summed E-state index contributed by atoms with van der Waals surface area (Å²) in [5.74, 6) is 0.467. The van der Waals surface area contributed by atoms with Gasteiger partial charge in [0.05, 0.1) is 5.92 Å². The van der Waals surface area contributed by atoms with Crippen LogP contribution in [0, 0.1) is 5.92 Å². The normalized spacial score (nSPS) is 27.2. The third kappa shape index (κ3) is 3.68. The molecule has 4 nitrogen and oxygen atoms in total. The highest BCUT2D eigenvalue weighted by atomic mass is 16.2. The van der Waals surface area contributed by atoms with Crippen molar-refractivity contribution < 1.29 is 4.79 Å². The Balaban J connectivity index is 1.77. The van der Waals surface area contributed by atoms with Crippen LogP contribution in [0.1, 0.15) is 38.5 Å². The van der Waals surface area contributed by atoms with Crippen molar-refractivity contribution >= 4 is 5.91 Å². The molecular weight excluding hydrogens is 214 g/mol. The highest BCUT2D eigenvalue weighted by molar-refractivity contribution is 5.79.